The normalized spacial score (nSPS) is 12.5. The van der Waals surface area contributed by atoms with Gasteiger partial charge < -0.3 is 0 Å². The first-order valence-corrected chi connectivity index (χ1v) is 10.1. The van der Waals surface area contributed by atoms with Gasteiger partial charge in [-0.3, -0.25) is 4.79 Å². The van der Waals surface area contributed by atoms with E-state index in [1.165, 1.54) is 46.8 Å². The van der Waals surface area contributed by atoms with Crippen molar-refractivity contribution in [2.24, 2.45) is 5.10 Å². The minimum absolute atomic E-state index is 0.0134. The molecule has 0 atom stereocenters. The molecule has 0 aliphatic heterocycles. The third-order valence-corrected chi connectivity index (χ3v) is 6.12. The lowest BCUT2D eigenvalue weighted by Crippen LogP contribution is -2.30. The van der Waals surface area contributed by atoms with Gasteiger partial charge in [0.25, 0.3) is 5.91 Å². The van der Waals surface area contributed by atoms with Crippen LogP contribution >= 0.6 is 0 Å². The lowest BCUT2D eigenvalue weighted by Gasteiger charge is -2.18. The van der Waals surface area contributed by atoms with Crippen molar-refractivity contribution < 1.29 is 26.4 Å². The summed E-state index contributed by atoms with van der Waals surface area (Å²) in [6.45, 7) is 3.95. The average molecular weight is 427 g/mol. The van der Waals surface area contributed by atoms with Crippen LogP contribution in [0.4, 0.5) is 13.2 Å². The van der Waals surface area contributed by atoms with E-state index in [1.54, 1.807) is 13.8 Å². The Labute approximate surface area is 167 Å². The van der Waals surface area contributed by atoms with Crippen LogP contribution in [0.25, 0.3) is 0 Å². The average Bonchev–Trinajstić information content (AvgIpc) is 2.68. The van der Waals surface area contributed by atoms with Crippen molar-refractivity contribution in [1.29, 1.82) is 0 Å². The molecular weight excluding hydrogens is 407 g/mol. The zero-order valence-corrected chi connectivity index (χ0v) is 16.6. The predicted molar refractivity (Wildman–Crippen MR) is 103 cm³/mol. The fourth-order valence-electron chi connectivity index (χ4n) is 2.60. The van der Waals surface area contributed by atoms with Gasteiger partial charge in [0.15, 0.2) is 0 Å². The number of nitrogens with one attached hydrogen (secondary N) is 1. The molecule has 0 saturated heterocycles. The van der Waals surface area contributed by atoms with E-state index in [0.717, 1.165) is 12.3 Å². The van der Waals surface area contributed by atoms with Crippen LogP contribution in [-0.4, -0.2) is 37.9 Å². The smallest absolute Gasteiger partial charge is 0.267 e. The van der Waals surface area contributed by atoms with E-state index in [4.69, 9.17) is 0 Å². The molecule has 10 heteroatoms. The first-order valence-electron chi connectivity index (χ1n) is 8.71. The van der Waals surface area contributed by atoms with Gasteiger partial charge in [-0.1, -0.05) is 38.1 Å². The maximum atomic E-state index is 13.0. The number of rotatable bonds is 7. The Balaban J connectivity index is 2.21. The van der Waals surface area contributed by atoms with E-state index in [0.29, 0.717) is 0 Å². The van der Waals surface area contributed by atoms with Crippen molar-refractivity contribution in [2.45, 2.75) is 24.9 Å². The quantitative estimate of drug-likeness (QED) is 0.543. The minimum atomic E-state index is -4.56. The van der Waals surface area contributed by atoms with E-state index in [1.807, 2.05) is 0 Å². The van der Waals surface area contributed by atoms with Crippen LogP contribution in [0.2, 0.25) is 0 Å². The summed E-state index contributed by atoms with van der Waals surface area (Å²) in [7, 11) is -3.75. The van der Waals surface area contributed by atoms with Crippen LogP contribution in [-0.2, 0) is 16.2 Å². The summed E-state index contributed by atoms with van der Waals surface area (Å²) in [5, 5.41) is 3.57. The van der Waals surface area contributed by atoms with Crippen molar-refractivity contribution in [3.8, 4) is 0 Å². The molecule has 0 spiro atoms. The maximum absolute atomic E-state index is 13.0. The van der Waals surface area contributed by atoms with Crippen molar-refractivity contribution >= 4 is 22.1 Å². The monoisotopic (exact) mass is 427 g/mol. The number of carbonyl (C=O) groups excluding carboxylic acids is 1. The minimum Gasteiger partial charge on any atom is -0.267 e. The van der Waals surface area contributed by atoms with E-state index < -0.39 is 27.7 Å². The second kappa shape index (κ2) is 9.19. The topological polar surface area (TPSA) is 78.8 Å². The molecule has 0 bridgehead atoms. The number of hydrogen-bond acceptors (Lipinski definition) is 4. The predicted octanol–water partition coefficient (Wildman–Crippen LogP) is 3.50. The Morgan fingerprint density at radius 3 is 2.38 bits per heavy atom. The second-order valence-corrected chi connectivity index (χ2v) is 7.84. The molecular formula is C19H20F3N3O3S. The molecule has 0 fully saturated rings. The third-order valence-electron chi connectivity index (χ3n) is 4.08. The fourth-order valence-corrected chi connectivity index (χ4v) is 4.11. The Kier molecular flexibility index (Phi) is 7.15. The number of halogens is 3. The number of carbonyl (C=O) groups is 1. The van der Waals surface area contributed by atoms with Crippen molar-refractivity contribution in [3.05, 3.63) is 65.2 Å². The lowest BCUT2D eigenvalue weighted by molar-refractivity contribution is -0.137. The summed E-state index contributed by atoms with van der Waals surface area (Å²) in [5.41, 5.74) is 1.04. The van der Waals surface area contributed by atoms with Gasteiger partial charge in [-0.05, 0) is 24.3 Å². The maximum Gasteiger partial charge on any atom is 0.417 e. The first-order chi connectivity index (χ1) is 13.6. The number of benzene rings is 2. The molecule has 0 aliphatic rings. The SMILES string of the molecule is CCN(CC)S(=O)(=O)c1cccc(C(=O)N/N=C/c2ccccc2C(F)(F)F)c1. The Bertz CT molecular complexity index is 1000. The van der Waals surface area contributed by atoms with Gasteiger partial charge in [0.1, 0.15) is 0 Å². The zero-order chi connectivity index (χ0) is 21.7. The molecule has 0 unspecified atom stereocenters. The van der Waals surface area contributed by atoms with Crippen LogP contribution in [0.15, 0.2) is 58.5 Å². The molecule has 1 amide bonds. The molecule has 0 saturated carbocycles. The second-order valence-electron chi connectivity index (χ2n) is 5.90. The van der Waals surface area contributed by atoms with Crippen molar-refractivity contribution in [3.63, 3.8) is 0 Å². The van der Waals surface area contributed by atoms with Crippen LogP contribution in [0, 0.1) is 0 Å². The lowest BCUT2D eigenvalue weighted by atomic mass is 10.1. The Morgan fingerprint density at radius 2 is 1.76 bits per heavy atom. The van der Waals surface area contributed by atoms with Gasteiger partial charge in [-0.15, -0.1) is 0 Å². The summed E-state index contributed by atoms with van der Waals surface area (Å²) in [6.07, 6.45) is -3.67. The highest BCUT2D eigenvalue weighted by Crippen LogP contribution is 2.31. The molecule has 6 nitrogen and oxygen atoms in total. The van der Waals surface area contributed by atoms with E-state index in [9.17, 15) is 26.4 Å². The molecule has 0 aromatic heterocycles. The van der Waals surface area contributed by atoms with Gasteiger partial charge in [0, 0.05) is 24.2 Å². The Hall–Kier alpha value is -2.72. The van der Waals surface area contributed by atoms with Gasteiger partial charge >= 0.3 is 6.18 Å². The fraction of sp³-hybridized carbons (Fsp3) is 0.263. The zero-order valence-electron chi connectivity index (χ0n) is 15.8. The number of hydrogen-bond donors (Lipinski definition) is 1. The molecule has 1 N–H and O–H groups in total. The molecule has 0 radical (unpaired) electrons. The highest BCUT2D eigenvalue weighted by Gasteiger charge is 2.32. The highest BCUT2D eigenvalue weighted by atomic mass is 32.2. The van der Waals surface area contributed by atoms with Gasteiger partial charge in [-0.25, -0.2) is 13.8 Å². The standard InChI is InChI=1S/C19H20F3N3O3S/c1-3-25(4-2)29(27,28)16-10-7-9-14(12-16)18(26)24-23-13-15-8-5-6-11-17(15)19(20,21)22/h5-13H,3-4H2,1-2H3,(H,24,26)/b23-13+. The van der Waals surface area contributed by atoms with Crippen LogP contribution in [0.5, 0.6) is 0 Å². The van der Waals surface area contributed by atoms with Gasteiger partial charge in [-0.2, -0.15) is 22.6 Å². The summed E-state index contributed by atoms with van der Waals surface area (Å²) >= 11 is 0. The van der Waals surface area contributed by atoms with Gasteiger partial charge in [0.05, 0.1) is 16.7 Å². The highest BCUT2D eigenvalue weighted by molar-refractivity contribution is 7.89. The molecule has 2 aromatic carbocycles. The molecule has 0 heterocycles. The summed E-state index contributed by atoms with van der Waals surface area (Å²) < 4.78 is 65.3. The number of nitrogens with zero attached hydrogens (tertiary/aromatic N) is 2. The van der Waals surface area contributed by atoms with Crippen molar-refractivity contribution in [1.82, 2.24) is 9.73 Å². The third kappa shape index (κ3) is 5.42. The summed E-state index contributed by atoms with van der Waals surface area (Å²) in [6, 6.07) is 10.2. The van der Waals surface area contributed by atoms with E-state index in [-0.39, 0.29) is 29.1 Å². The number of sulfonamides is 1. The number of alkyl halides is 3. The van der Waals surface area contributed by atoms with E-state index >= 15 is 0 Å². The molecule has 156 valence electrons. The summed E-state index contributed by atoms with van der Waals surface area (Å²) in [5.74, 6) is -0.748. The molecule has 0 aliphatic carbocycles. The van der Waals surface area contributed by atoms with Crippen LogP contribution < -0.4 is 5.43 Å². The number of hydrazone groups is 1. The molecule has 2 rings (SSSR count). The number of amides is 1. The van der Waals surface area contributed by atoms with E-state index in [2.05, 4.69) is 10.5 Å². The summed E-state index contributed by atoms with van der Waals surface area (Å²) in [4.78, 5) is 12.2. The van der Waals surface area contributed by atoms with Crippen LogP contribution in [0.3, 0.4) is 0 Å². The van der Waals surface area contributed by atoms with Gasteiger partial charge in [0.2, 0.25) is 10.0 Å². The molecule has 29 heavy (non-hydrogen) atoms. The largest absolute Gasteiger partial charge is 0.417 e. The van der Waals surface area contributed by atoms with Crippen molar-refractivity contribution in [2.75, 3.05) is 13.1 Å². The first kappa shape index (κ1) is 22.6. The molecule has 2 aromatic rings. The van der Waals surface area contributed by atoms with Crippen LogP contribution in [0.1, 0.15) is 35.3 Å². The Morgan fingerprint density at radius 1 is 1.10 bits per heavy atom.